The Morgan fingerprint density at radius 2 is 2.08 bits per heavy atom. The van der Waals surface area contributed by atoms with Gasteiger partial charge in [0, 0.05) is 0 Å². The van der Waals surface area contributed by atoms with Crippen molar-refractivity contribution in [2.75, 3.05) is 0 Å². The predicted molar refractivity (Wildman–Crippen MR) is 51.8 cm³/mol. The first-order valence-electron chi connectivity index (χ1n) is 4.82. The van der Waals surface area contributed by atoms with Crippen LogP contribution in [0.5, 0.6) is 0 Å². The van der Waals surface area contributed by atoms with Gasteiger partial charge in [0.15, 0.2) is 0 Å². The number of nitrogens with one attached hydrogen (secondary N) is 1. The summed E-state index contributed by atoms with van der Waals surface area (Å²) in [4.78, 5) is 0. The van der Waals surface area contributed by atoms with Crippen molar-refractivity contribution in [3.63, 3.8) is 0 Å². The molecule has 1 aromatic carbocycles. The molecule has 70 valence electrons. The number of fused-ring (bicyclic) bond motifs is 1. The summed E-state index contributed by atoms with van der Waals surface area (Å²) in [6.45, 7) is 1.96. The van der Waals surface area contributed by atoms with Crippen molar-refractivity contribution in [1.82, 2.24) is 5.48 Å². The summed E-state index contributed by atoms with van der Waals surface area (Å²) < 4.78 is 0. The molecule has 2 rings (SSSR count). The number of hydrogen-bond donors (Lipinski definition) is 2. The van der Waals surface area contributed by atoms with Crippen LogP contribution in [0.3, 0.4) is 0 Å². The summed E-state index contributed by atoms with van der Waals surface area (Å²) in [5, 5.41) is 8.79. The van der Waals surface area contributed by atoms with Crippen molar-refractivity contribution in [1.29, 1.82) is 0 Å². The fraction of sp³-hybridized carbons (Fsp3) is 0.455. The lowest BCUT2D eigenvalue weighted by Crippen LogP contribution is -2.13. The molecule has 0 bridgehead atoms. The molecular weight excluding hydrogens is 162 g/mol. The van der Waals surface area contributed by atoms with Crippen LogP contribution in [-0.2, 0) is 12.8 Å². The molecule has 1 unspecified atom stereocenters. The summed E-state index contributed by atoms with van der Waals surface area (Å²) >= 11 is 0. The van der Waals surface area contributed by atoms with Gasteiger partial charge in [-0.25, -0.2) is 0 Å². The largest absolute Gasteiger partial charge is 0.316 e. The van der Waals surface area contributed by atoms with E-state index in [2.05, 4.69) is 23.7 Å². The molecule has 2 heteroatoms. The topological polar surface area (TPSA) is 32.3 Å². The van der Waals surface area contributed by atoms with Crippen molar-refractivity contribution in [2.45, 2.75) is 32.2 Å². The number of aryl methyl sites for hydroxylation is 2. The second-order valence-electron chi connectivity index (χ2n) is 3.73. The normalized spacial score (nSPS) is 17.1. The van der Waals surface area contributed by atoms with Crippen LogP contribution in [-0.4, -0.2) is 5.21 Å². The van der Waals surface area contributed by atoms with Gasteiger partial charge in [-0.1, -0.05) is 18.2 Å². The van der Waals surface area contributed by atoms with Crippen LogP contribution in [0.25, 0.3) is 0 Å². The highest BCUT2D eigenvalue weighted by molar-refractivity contribution is 5.36. The fourth-order valence-corrected chi connectivity index (χ4v) is 1.94. The van der Waals surface area contributed by atoms with Crippen LogP contribution in [0.15, 0.2) is 18.2 Å². The number of rotatable bonds is 2. The summed E-state index contributed by atoms with van der Waals surface area (Å²) in [7, 11) is 0. The molecule has 0 radical (unpaired) electrons. The van der Waals surface area contributed by atoms with E-state index in [9.17, 15) is 0 Å². The molecule has 0 fully saturated rings. The van der Waals surface area contributed by atoms with E-state index < -0.39 is 0 Å². The zero-order valence-corrected chi connectivity index (χ0v) is 7.88. The number of benzene rings is 1. The van der Waals surface area contributed by atoms with E-state index in [1.54, 1.807) is 0 Å². The van der Waals surface area contributed by atoms with Crippen LogP contribution in [0, 0.1) is 0 Å². The number of hydroxylamine groups is 1. The van der Waals surface area contributed by atoms with Crippen molar-refractivity contribution in [3.8, 4) is 0 Å². The monoisotopic (exact) mass is 177 g/mol. The fourth-order valence-electron chi connectivity index (χ4n) is 1.94. The van der Waals surface area contributed by atoms with Crippen LogP contribution in [0.1, 0.15) is 36.1 Å². The smallest absolute Gasteiger partial charge is 0.0540 e. The van der Waals surface area contributed by atoms with Crippen LogP contribution in [0.2, 0.25) is 0 Å². The van der Waals surface area contributed by atoms with E-state index >= 15 is 0 Å². The molecule has 0 saturated heterocycles. The highest BCUT2D eigenvalue weighted by atomic mass is 16.5. The first-order chi connectivity index (χ1) is 6.31. The first kappa shape index (κ1) is 8.73. The standard InChI is InChI=1S/C11H15NO/c1-8(12-13)10-6-5-9-3-2-4-11(9)7-10/h5-8,12-13H,2-4H2,1H3. The van der Waals surface area contributed by atoms with Crippen LogP contribution >= 0.6 is 0 Å². The van der Waals surface area contributed by atoms with E-state index in [-0.39, 0.29) is 6.04 Å². The molecule has 0 heterocycles. The third-order valence-electron chi connectivity index (χ3n) is 2.82. The third kappa shape index (κ3) is 1.60. The lowest BCUT2D eigenvalue weighted by atomic mass is 10.0. The minimum absolute atomic E-state index is 0.0332. The van der Waals surface area contributed by atoms with E-state index in [1.807, 2.05) is 6.92 Å². The summed E-state index contributed by atoms with van der Waals surface area (Å²) in [5.74, 6) is 0. The molecule has 1 atom stereocenters. The number of hydrogen-bond acceptors (Lipinski definition) is 2. The van der Waals surface area contributed by atoms with Crippen molar-refractivity contribution in [2.24, 2.45) is 0 Å². The minimum Gasteiger partial charge on any atom is -0.316 e. The maximum absolute atomic E-state index is 8.79. The third-order valence-corrected chi connectivity index (χ3v) is 2.82. The molecule has 0 amide bonds. The maximum atomic E-state index is 8.79. The Morgan fingerprint density at radius 1 is 1.31 bits per heavy atom. The van der Waals surface area contributed by atoms with Crippen molar-refractivity contribution in [3.05, 3.63) is 34.9 Å². The Kier molecular flexibility index (Phi) is 2.34. The van der Waals surface area contributed by atoms with Gasteiger partial charge in [0.05, 0.1) is 6.04 Å². The van der Waals surface area contributed by atoms with Gasteiger partial charge in [0.25, 0.3) is 0 Å². The highest BCUT2D eigenvalue weighted by Gasteiger charge is 2.12. The quantitative estimate of drug-likeness (QED) is 0.679. The predicted octanol–water partition coefficient (Wildman–Crippen LogP) is 2.22. The maximum Gasteiger partial charge on any atom is 0.0540 e. The lowest BCUT2D eigenvalue weighted by molar-refractivity contribution is 0.133. The van der Waals surface area contributed by atoms with Crippen LogP contribution in [0.4, 0.5) is 0 Å². The van der Waals surface area contributed by atoms with Crippen molar-refractivity contribution >= 4 is 0 Å². The Labute approximate surface area is 78.5 Å². The second kappa shape index (κ2) is 3.48. The molecule has 0 spiro atoms. The summed E-state index contributed by atoms with van der Waals surface area (Å²) in [6.07, 6.45) is 3.69. The van der Waals surface area contributed by atoms with Gasteiger partial charge in [-0.3, -0.25) is 0 Å². The van der Waals surface area contributed by atoms with E-state index in [0.29, 0.717) is 0 Å². The zero-order valence-electron chi connectivity index (χ0n) is 7.88. The van der Waals surface area contributed by atoms with Gasteiger partial charge in [-0.2, -0.15) is 5.48 Å². The lowest BCUT2D eigenvalue weighted by Gasteiger charge is -2.10. The van der Waals surface area contributed by atoms with Gasteiger partial charge in [0.1, 0.15) is 0 Å². The van der Waals surface area contributed by atoms with Gasteiger partial charge in [0.2, 0.25) is 0 Å². The van der Waals surface area contributed by atoms with Gasteiger partial charge < -0.3 is 5.21 Å². The Morgan fingerprint density at radius 3 is 2.85 bits per heavy atom. The highest BCUT2D eigenvalue weighted by Crippen LogP contribution is 2.24. The molecule has 0 saturated carbocycles. The molecule has 0 aromatic heterocycles. The molecule has 1 aliphatic carbocycles. The molecule has 1 aromatic rings. The molecule has 2 N–H and O–H groups in total. The Hall–Kier alpha value is -0.860. The van der Waals surface area contributed by atoms with Crippen LogP contribution < -0.4 is 5.48 Å². The average molecular weight is 177 g/mol. The van der Waals surface area contributed by atoms with Gasteiger partial charge >= 0.3 is 0 Å². The summed E-state index contributed by atoms with van der Waals surface area (Å²) in [6, 6.07) is 6.52. The molecular formula is C11H15NO. The summed E-state index contributed by atoms with van der Waals surface area (Å²) in [5.41, 5.74) is 6.38. The Bertz CT molecular complexity index is 309. The van der Waals surface area contributed by atoms with E-state index in [4.69, 9.17) is 5.21 Å². The minimum atomic E-state index is 0.0332. The average Bonchev–Trinajstić information content (AvgIpc) is 2.63. The van der Waals surface area contributed by atoms with Gasteiger partial charge in [-0.15, -0.1) is 0 Å². The van der Waals surface area contributed by atoms with Crippen molar-refractivity contribution < 1.29 is 5.21 Å². The molecule has 0 aliphatic heterocycles. The van der Waals surface area contributed by atoms with E-state index in [0.717, 1.165) is 0 Å². The molecule has 2 nitrogen and oxygen atoms in total. The first-order valence-corrected chi connectivity index (χ1v) is 4.82. The molecule has 1 aliphatic rings. The van der Waals surface area contributed by atoms with E-state index in [1.165, 1.54) is 36.0 Å². The zero-order chi connectivity index (χ0) is 9.26. The Balaban J connectivity index is 2.30. The molecule has 13 heavy (non-hydrogen) atoms. The van der Waals surface area contributed by atoms with Gasteiger partial charge in [-0.05, 0) is 42.9 Å². The SMILES string of the molecule is CC(NO)c1ccc2c(c1)CCC2. The second-order valence-corrected chi connectivity index (χ2v) is 3.73.